The van der Waals surface area contributed by atoms with Crippen LogP contribution in [0.15, 0.2) is 22.7 Å². The number of nitrogens with two attached hydrogens (primary N) is 1. The molecule has 0 aromatic carbocycles. The van der Waals surface area contributed by atoms with Gasteiger partial charge in [-0.15, -0.1) is 16.4 Å². The number of hydrogen-bond donors (Lipinski definition) is 1. The summed E-state index contributed by atoms with van der Waals surface area (Å²) in [6.45, 7) is 0. The zero-order valence-electron chi connectivity index (χ0n) is 9.68. The molecule has 0 aliphatic carbocycles. The standard InChI is InChI=1S/C9H8N6O2S2/c1-19(16,17)9-12-7(10)15-8(13-9)11-6(14-15)5-3-2-4-18-5/h2-4H,1H3,(H2,10,11,12,13,14). The molecule has 3 rings (SSSR count). The molecule has 19 heavy (non-hydrogen) atoms. The topological polar surface area (TPSA) is 116 Å². The maximum atomic E-state index is 11.4. The number of hydrogen-bond acceptors (Lipinski definition) is 8. The van der Waals surface area contributed by atoms with Gasteiger partial charge in [-0.25, -0.2) is 8.42 Å². The largest absolute Gasteiger partial charge is 0.368 e. The Hall–Kier alpha value is -2.07. The van der Waals surface area contributed by atoms with Crippen LogP contribution in [0.5, 0.6) is 0 Å². The molecule has 0 bridgehead atoms. The van der Waals surface area contributed by atoms with Gasteiger partial charge in [0, 0.05) is 6.26 Å². The molecule has 0 aliphatic rings. The summed E-state index contributed by atoms with van der Waals surface area (Å²) in [4.78, 5) is 12.6. The van der Waals surface area contributed by atoms with E-state index in [2.05, 4.69) is 20.1 Å². The second-order valence-electron chi connectivity index (χ2n) is 3.76. The molecule has 2 N–H and O–H groups in total. The molecular formula is C9H8N6O2S2. The van der Waals surface area contributed by atoms with E-state index in [4.69, 9.17) is 5.73 Å². The molecule has 10 heteroatoms. The lowest BCUT2D eigenvalue weighted by atomic mass is 10.4. The van der Waals surface area contributed by atoms with Gasteiger partial charge in [0.15, 0.2) is 5.82 Å². The lowest BCUT2D eigenvalue weighted by Crippen LogP contribution is -2.11. The van der Waals surface area contributed by atoms with Gasteiger partial charge in [0.2, 0.25) is 15.8 Å². The minimum atomic E-state index is -3.54. The Kier molecular flexibility index (Phi) is 2.50. The third-order valence-corrected chi connectivity index (χ3v) is 4.00. The molecule has 0 saturated heterocycles. The summed E-state index contributed by atoms with van der Waals surface area (Å²) in [5, 5.41) is 5.68. The maximum Gasteiger partial charge on any atom is 0.258 e. The number of fused-ring (bicyclic) bond motifs is 1. The average Bonchev–Trinajstić information content (AvgIpc) is 2.95. The third-order valence-electron chi connectivity index (χ3n) is 2.29. The van der Waals surface area contributed by atoms with Gasteiger partial charge in [0.25, 0.3) is 10.9 Å². The fourth-order valence-corrected chi connectivity index (χ4v) is 2.62. The summed E-state index contributed by atoms with van der Waals surface area (Å²) in [6, 6.07) is 3.71. The number of aromatic nitrogens is 5. The minimum Gasteiger partial charge on any atom is -0.368 e. The van der Waals surface area contributed by atoms with Crippen LogP contribution in [0.3, 0.4) is 0 Å². The summed E-state index contributed by atoms with van der Waals surface area (Å²) in [7, 11) is -3.54. The first kappa shape index (κ1) is 12.0. The van der Waals surface area contributed by atoms with E-state index >= 15 is 0 Å². The molecule has 0 spiro atoms. The van der Waals surface area contributed by atoms with Crippen LogP contribution in [0.2, 0.25) is 0 Å². The molecule has 0 atom stereocenters. The zero-order chi connectivity index (χ0) is 13.6. The molecule has 3 aromatic heterocycles. The molecule has 8 nitrogen and oxygen atoms in total. The predicted octanol–water partition coefficient (Wildman–Crippen LogP) is 0.233. The number of sulfone groups is 1. The monoisotopic (exact) mass is 296 g/mol. The average molecular weight is 296 g/mol. The molecule has 0 saturated carbocycles. The molecule has 0 radical (unpaired) electrons. The van der Waals surface area contributed by atoms with E-state index in [1.165, 1.54) is 15.9 Å². The van der Waals surface area contributed by atoms with Crippen LogP contribution in [0, 0.1) is 0 Å². The van der Waals surface area contributed by atoms with Crippen LogP contribution in [0.1, 0.15) is 0 Å². The molecule has 0 fully saturated rings. The van der Waals surface area contributed by atoms with Crippen LogP contribution in [-0.4, -0.2) is 39.2 Å². The highest BCUT2D eigenvalue weighted by molar-refractivity contribution is 7.90. The molecule has 3 heterocycles. The first-order chi connectivity index (χ1) is 8.95. The summed E-state index contributed by atoms with van der Waals surface area (Å²) < 4.78 is 24.1. The molecule has 0 aliphatic heterocycles. The fourth-order valence-electron chi connectivity index (χ4n) is 1.46. The van der Waals surface area contributed by atoms with Crippen molar-refractivity contribution < 1.29 is 8.42 Å². The summed E-state index contributed by atoms with van der Waals surface area (Å²) in [6.07, 6.45) is 1.01. The normalized spacial score (nSPS) is 12.1. The number of anilines is 1. The molecule has 0 amide bonds. The van der Waals surface area contributed by atoms with Crippen LogP contribution in [-0.2, 0) is 9.84 Å². The lowest BCUT2D eigenvalue weighted by molar-refractivity contribution is 0.592. The van der Waals surface area contributed by atoms with Crippen LogP contribution in [0.25, 0.3) is 16.5 Å². The van der Waals surface area contributed by atoms with Crippen molar-refractivity contribution in [3.05, 3.63) is 17.5 Å². The van der Waals surface area contributed by atoms with Gasteiger partial charge in [-0.2, -0.15) is 19.5 Å². The van der Waals surface area contributed by atoms with Crippen LogP contribution < -0.4 is 5.73 Å². The molecule has 3 aromatic rings. The smallest absolute Gasteiger partial charge is 0.258 e. The van der Waals surface area contributed by atoms with Crippen molar-refractivity contribution in [1.29, 1.82) is 0 Å². The van der Waals surface area contributed by atoms with E-state index in [9.17, 15) is 8.42 Å². The van der Waals surface area contributed by atoms with E-state index in [1.54, 1.807) is 0 Å². The van der Waals surface area contributed by atoms with Crippen LogP contribution in [0.4, 0.5) is 5.95 Å². The fraction of sp³-hybridized carbons (Fsp3) is 0.111. The minimum absolute atomic E-state index is 0.0688. The van der Waals surface area contributed by atoms with Crippen LogP contribution >= 0.6 is 11.3 Å². The van der Waals surface area contributed by atoms with E-state index in [0.717, 1.165) is 11.1 Å². The lowest BCUT2D eigenvalue weighted by Gasteiger charge is -1.99. The van der Waals surface area contributed by atoms with Gasteiger partial charge in [0.1, 0.15) is 0 Å². The second kappa shape index (κ2) is 3.96. The summed E-state index contributed by atoms with van der Waals surface area (Å²) in [5.74, 6) is 0.471. The number of thiophene rings is 1. The van der Waals surface area contributed by atoms with Gasteiger partial charge in [-0.3, -0.25) is 0 Å². The van der Waals surface area contributed by atoms with Crippen molar-refractivity contribution in [3.8, 4) is 10.7 Å². The highest BCUT2D eigenvalue weighted by Crippen LogP contribution is 2.22. The van der Waals surface area contributed by atoms with Crippen molar-refractivity contribution in [1.82, 2.24) is 24.6 Å². The van der Waals surface area contributed by atoms with Gasteiger partial charge in [-0.05, 0) is 11.4 Å². The number of nitrogen functional groups attached to an aromatic ring is 1. The Morgan fingerprint density at radius 3 is 2.74 bits per heavy atom. The first-order valence-electron chi connectivity index (χ1n) is 5.09. The Labute approximate surface area is 111 Å². The van der Waals surface area contributed by atoms with Crippen molar-refractivity contribution >= 4 is 32.9 Å². The molecule has 0 unspecified atom stereocenters. The summed E-state index contributed by atoms with van der Waals surface area (Å²) in [5.41, 5.74) is 5.67. The van der Waals surface area contributed by atoms with Gasteiger partial charge < -0.3 is 5.73 Å². The van der Waals surface area contributed by atoms with E-state index in [-0.39, 0.29) is 16.9 Å². The summed E-state index contributed by atoms with van der Waals surface area (Å²) >= 11 is 1.46. The van der Waals surface area contributed by atoms with Crippen molar-refractivity contribution in [2.75, 3.05) is 12.0 Å². The first-order valence-corrected chi connectivity index (χ1v) is 7.86. The van der Waals surface area contributed by atoms with E-state index in [1.807, 2.05) is 17.5 Å². The molecular weight excluding hydrogens is 288 g/mol. The highest BCUT2D eigenvalue weighted by atomic mass is 32.2. The van der Waals surface area contributed by atoms with Gasteiger partial charge in [-0.1, -0.05) is 6.07 Å². The maximum absolute atomic E-state index is 11.4. The Morgan fingerprint density at radius 1 is 1.32 bits per heavy atom. The van der Waals surface area contributed by atoms with Crippen molar-refractivity contribution in [3.63, 3.8) is 0 Å². The molecule has 98 valence electrons. The predicted molar refractivity (Wildman–Crippen MR) is 69.4 cm³/mol. The Bertz CT molecular complexity index is 852. The third kappa shape index (κ3) is 2.04. The highest BCUT2D eigenvalue weighted by Gasteiger charge is 2.17. The number of rotatable bonds is 2. The number of nitrogens with zero attached hydrogens (tertiary/aromatic N) is 5. The Balaban J connectivity index is 2.26. The van der Waals surface area contributed by atoms with Gasteiger partial charge >= 0.3 is 0 Å². The van der Waals surface area contributed by atoms with Gasteiger partial charge in [0.05, 0.1) is 4.88 Å². The van der Waals surface area contributed by atoms with Crippen molar-refractivity contribution in [2.45, 2.75) is 5.16 Å². The second-order valence-corrected chi connectivity index (χ2v) is 6.62. The quantitative estimate of drug-likeness (QED) is 0.719. The van der Waals surface area contributed by atoms with Crippen molar-refractivity contribution in [2.24, 2.45) is 0 Å². The SMILES string of the molecule is CS(=O)(=O)c1nc(N)n2nc(-c3cccs3)nc2n1. The van der Waals surface area contributed by atoms with E-state index in [0.29, 0.717) is 5.82 Å². The zero-order valence-corrected chi connectivity index (χ0v) is 11.3. The van der Waals surface area contributed by atoms with E-state index < -0.39 is 9.84 Å². The Morgan fingerprint density at radius 2 is 2.11 bits per heavy atom.